The molecule has 0 spiro atoms. The lowest BCUT2D eigenvalue weighted by Crippen LogP contribution is -2.12. The monoisotopic (exact) mass is 506 g/mol. The van der Waals surface area contributed by atoms with Crippen LogP contribution in [0.4, 0.5) is 0 Å². The van der Waals surface area contributed by atoms with Crippen molar-refractivity contribution in [3.05, 3.63) is 82.7 Å². The predicted molar refractivity (Wildman–Crippen MR) is 157 cm³/mol. The highest BCUT2D eigenvalue weighted by molar-refractivity contribution is 7.43. The number of rotatable bonds is 16. The molecule has 1 fully saturated rings. The van der Waals surface area contributed by atoms with Crippen LogP contribution in [0.3, 0.4) is 0 Å². The number of carbonyl (C=O) groups excluding carboxylic acids is 1. The van der Waals surface area contributed by atoms with Crippen LogP contribution in [0, 0.1) is 12.8 Å². The average Bonchev–Trinajstić information content (AvgIpc) is 3.27. The van der Waals surface area contributed by atoms with Gasteiger partial charge in [-0.05, 0) is 93.8 Å². The van der Waals surface area contributed by atoms with Crippen LogP contribution in [0.15, 0.2) is 60.4 Å². The number of allylic oxidation sites excluding steroid dienone is 1. The van der Waals surface area contributed by atoms with Gasteiger partial charge in [-0.3, -0.25) is 4.79 Å². The highest BCUT2D eigenvalue weighted by Gasteiger charge is 2.26. The number of Topliss-reactive ketones (excluding diaryl/α,β-unsaturated/α-hetero) is 1. The molecule has 4 unspecified atom stereocenters. The SMILES string of the molecule is C=C(CCCCC(=O)c1ccc(C)cc1)PC(Cc1ccc(CCCCC)cc1)CC1CCC(O)C1. The van der Waals surface area contributed by atoms with Gasteiger partial charge >= 0.3 is 0 Å². The van der Waals surface area contributed by atoms with E-state index in [0.717, 1.165) is 59.1 Å². The van der Waals surface area contributed by atoms with Crippen LogP contribution in [0.5, 0.6) is 0 Å². The Balaban J connectivity index is 1.47. The molecule has 4 atom stereocenters. The van der Waals surface area contributed by atoms with Crippen molar-refractivity contribution in [3.8, 4) is 0 Å². The van der Waals surface area contributed by atoms with Gasteiger partial charge in [-0.15, -0.1) is 0 Å². The average molecular weight is 507 g/mol. The third-order valence-electron chi connectivity index (χ3n) is 7.62. The van der Waals surface area contributed by atoms with Crippen LogP contribution >= 0.6 is 8.58 Å². The summed E-state index contributed by atoms with van der Waals surface area (Å²) in [7, 11) is 0.755. The summed E-state index contributed by atoms with van der Waals surface area (Å²) in [5, 5.41) is 11.4. The van der Waals surface area contributed by atoms with Gasteiger partial charge in [0, 0.05) is 12.0 Å². The molecule has 0 amide bonds. The highest BCUT2D eigenvalue weighted by atomic mass is 31.1. The number of hydrogen-bond acceptors (Lipinski definition) is 2. The first-order chi connectivity index (χ1) is 17.4. The number of aryl methyl sites for hydroxylation is 2. The highest BCUT2D eigenvalue weighted by Crippen LogP contribution is 2.40. The van der Waals surface area contributed by atoms with E-state index in [9.17, 15) is 9.90 Å². The van der Waals surface area contributed by atoms with Crippen LogP contribution in [0.1, 0.15) is 105 Å². The number of hydrogen-bond donors (Lipinski definition) is 1. The second kappa shape index (κ2) is 15.5. The Hall–Kier alpha value is -1.76. The molecule has 3 heteroatoms. The number of ketones is 1. The molecular weight excluding hydrogens is 459 g/mol. The van der Waals surface area contributed by atoms with Gasteiger partial charge in [-0.1, -0.05) is 94.3 Å². The zero-order chi connectivity index (χ0) is 25.8. The summed E-state index contributed by atoms with van der Waals surface area (Å²) in [6, 6.07) is 17.2. The fourth-order valence-electron chi connectivity index (χ4n) is 5.43. The van der Waals surface area contributed by atoms with Crippen molar-refractivity contribution in [2.24, 2.45) is 5.92 Å². The van der Waals surface area contributed by atoms with Gasteiger partial charge in [0.05, 0.1) is 6.10 Å². The lowest BCUT2D eigenvalue weighted by atomic mass is 9.97. The van der Waals surface area contributed by atoms with E-state index in [-0.39, 0.29) is 11.9 Å². The zero-order valence-corrected chi connectivity index (χ0v) is 23.6. The van der Waals surface area contributed by atoms with Gasteiger partial charge in [0.2, 0.25) is 0 Å². The maximum Gasteiger partial charge on any atom is 0.162 e. The molecule has 0 aliphatic heterocycles. The van der Waals surface area contributed by atoms with Gasteiger partial charge in [0.25, 0.3) is 0 Å². The van der Waals surface area contributed by atoms with Crippen molar-refractivity contribution in [2.45, 2.75) is 109 Å². The Morgan fingerprint density at radius 3 is 2.33 bits per heavy atom. The van der Waals surface area contributed by atoms with Gasteiger partial charge in [-0.2, -0.15) is 0 Å². The van der Waals surface area contributed by atoms with Crippen molar-refractivity contribution in [1.82, 2.24) is 0 Å². The van der Waals surface area contributed by atoms with Gasteiger partial charge in [0.15, 0.2) is 5.78 Å². The van der Waals surface area contributed by atoms with E-state index < -0.39 is 0 Å². The molecule has 36 heavy (non-hydrogen) atoms. The predicted octanol–water partition coefficient (Wildman–Crippen LogP) is 8.83. The first-order valence-corrected chi connectivity index (χ1v) is 15.3. The Bertz CT molecular complexity index is 931. The molecule has 2 aromatic rings. The summed E-state index contributed by atoms with van der Waals surface area (Å²) in [4.78, 5) is 12.5. The minimum Gasteiger partial charge on any atom is -0.393 e. The topological polar surface area (TPSA) is 37.3 Å². The Morgan fingerprint density at radius 2 is 1.67 bits per heavy atom. The molecule has 3 rings (SSSR count). The first kappa shape index (κ1) is 28.8. The fourth-order valence-corrected chi connectivity index (χ4v) is 7.12. The molecule has 196 valence electrons. The number of benzene rings is 2. The quantitative estimate of drug-likeness (QED) is 0.140. The smallest absolute Gasteiger partial charge is 0.162 e. The van der Waals surface area contributed by atoms with Crippen molar-refractivity contribution < 1.29 is 9.90 Å². The first-order valence-electron chi connectivity index (χ1n) is 14.2. The molecule has 1 saturated carbocycles. The summed E-state index contributed by atoms with van der Waals surface area (Å²) in [5.74, 6) is 0.893. The molecule has 1 aliphatic rings. The summed E-state index contributed by atoms with van der Waals surface area (Å²) < 4.78 is 0. The van der Waals surface area contributed by atoms with Crippen molar-refractivity contribution in [1.29, 1.82) is 0 Å². The maximum absolute atomic E-state index is 12.5. The second-order valence-corrected chi connectivity index (χ2v) is 12.8. The molecule has 0 heterocycles. The van der Waals surface area contributed by atoms with E-state index in [2.05, 4.69) is 37.8 Å². The van der Waals surface area contributed by atoms with Crippen LogP contribution in [0.2, 0.25) is 0 Å². The van der Waals surface area contributed by atoms with E-state index in [1.807, 2.05) is 31.2 Å². The Labute approximate surface area is 221 Å². The molecule has 0 radical (unpaired) electrons. The van der Waals surface area contributed by atoms with E-state index in [0.29, 0.717) is 18.0 Å². The third-order valence-corrected chi connectivity index (χ3v) is 9.13. The third kappa shape index (κ3) is 10.3. The van der Waals surface area contributed by atoms with Crippen LogP contribution in [-0.2, 0) is 12.8 Å². The van der Waals surface area contributed by atoms with Crippen molar-refractivity contribution in [2.75, 3.05) is 0 Å². The molecule has 0 bridgehead atoms. The number of carbonyl (C=O) groups is 1. The molecule has 2 nitrogen and oxygen atoms in total. The molecule has 0 saturated heterocycles. The minimum absolute atomic E-state index is 0.101. The minimum atomic E-state index is -0.101. The van der Waals surface area contributed by atoms with Crippen LogP contribution in [-0.4, -0.2) is 22.7 Å². The normalized spacial score (nSPS) is 18.6. The zero-order valence-electron chi connectivity index (χ0n) is 22.6. The molecule has 0 aromatic heterocycles. The molecule has 2 aromatic carbocycles. The van der Waals surface area contributed by atoms with Gasteiger partial charge < -0.3 is 5.11 Å². The molecule has 1 aliphatic carbocycles. The van der Waals surface area contributed by atoms with E-state index >= 15 is 0 Å². The standard InChI is InChI=1S/C33H47O2P/c1-4-5-6-10-27-14-16-28(17-15-27)23-32(24-29-18-21-31(34)22-29)36-26(3)9-7-8-11-33(35)30-19-12-25(2)13-20-30/h12-17,19-20,29,31-32,34,36H,3-11,18,21-24H2,1-2H3. The van der Waals surface area contributed by atoms with Crippen molar-refractivity contribution in [3.63, 3.8) is 0 Å². The number of aliphatic hydroxyl groups excluding tert-OH is 1. The van der Waals surface area contributed by atoms with E-state index in [1.165, 1.54) is 54.1 Å². The maximum atomic E-state index is 12.5. The van der Waals surface area contributed by atoms with Crippen LogP contribution in [0.25, 0.3) is 0 Å². The second-order valence-electron chi connectivity index (χ2n) is 11.0. The Morgan fingerprint density at radius 1 is 0.972 bits per heavy atom. The van der Waals surface area contributed by atoms with E-state index in [1.54, 1.807) is 0 Å². The Kier molecular flexibility index (Phi) is 12.4. The summed E-state index contributed by atoms with van der Waals surface area (Å²) in [5.41, 5.74) is 5.51. The van der Waals surface area contributed by atoms with Gasteiger partial charge in [-0.25, -0.2) is 0 Å². The number of unbranched alkanes of at least 4 members (excludes halogenated alkanes) is 3. The summed E-state index contributed by atoms with van der Waals surface area (Å²) in [6.45, 7) is 8.75. The van der Waals surface area contributed by atoms with Gasteiger partial charge in [0.1, 0.15) is 0 Å². The fraction of sp³-hybridized carbons (Fsp3) is 0.545. The largest absolute Gasteiger partial charge is 0.393 e. The summed E-state index contributed by atoms with van der Waals surface area (Å²) >= 11 is 0. The van der Waals surface area contributed by atoms with Crippen LogP contribution < -0.4 is 0 Å². The van der Waals surface area contributed by atoms with E-state index in [4.69, 9.17) is 0 Å². The molecule has 1 N–H and O–H groups in total. The lowest BCUT2D eigenvalue weighted by Gasteiger charge is -2.22. The number of aliphatic hydroxyl groups is 1. The molecular formula is C33H47O2P. The lowest BCUT2D eigenvalue weighted by molar-refractivity contribution is 0.0979. The van der Waals surface area contributed by atoms with Crippen molar-refractivity contribution >= 4 is 14.4 Å². The summed E-state index contributed by atoms with van der Waals surface area (Å²) in [6.07, 6.45) is 13.9.